The maximum atomic E-state index is 11.7. The Morgan fingerprint density at radius 2 is 1.82 bits per heavy atom. The van der Waals surface area contributed by atoms with Crippen LogP contribution in [0.15, 0.2) is 48.2 Å². The average Bonchev–Trinajstić information content (AvgIpc) is 2.80. The summed E-state index contributed by atoms with van der Waals surface area (Å²) in [7, 11) is 0. The Bertz CT molecular complexity index is 762. The Morgan fingerprint density at radius 3 is 2.50 bits per heavy atom. The minimum absolute atomic E-state index is 0.262. The van der Waals surface area contributed by atoms with Gasteiger partial charge in [0.2, 0.25) is 0 Å². The standard InChI is InChI=1S/C19H19NO2/c1-12-7-8-17(9-13(12)2)16-6-4-5-15(10-16)11-18-19(21)22-14(3)20-18/h4-11,14,20H,1-3H3/b18-11-. The molecule has 1 aliphatic heterocycles. The number of cyclic esters (lactones) is 1. The number of aryl methyl sites for hydroxylation is 2. The number of benzene rings is 2. The molecule has 1 heterocycles. The van der Waals surface area contributed by atoms with Gasteiger partial charge in [-0.1, -0.05) is 36.4 Å². The molecule has 0 amide bonds. The molecule has 0 radical (unpaired) electrons. The molecule has 0 bridgehead atoms. The van der Waals surface area contributed by atoms with Gasteiger partial charge >= 0.3 is 5.97 Å². The molecule has 1 N–H and O–H groups in total. The zero-order chi connectivity index (χ0) is 15.7. The monoisotopic (exact) mass is 293 g/mol. The van der Waals surface area contributed by atoms with Crippen molar-refractivity contribution < 1.29 is 9.53 Å². The molecule has 0 aliphatic carbocycles. The highest BCUT2D eigenvalue weighted by molar-refractivity contribution is 5.95. The number of hydrogen-bond acceptors (Lipinski definition) is 3. The summed E-state index contributed by atoms with van der Waals surface area (Å²) in [5, 5.41) is 3.02. The van der Waals surface area contributed by atoms with Crippen LogP contribution in [0.1, 0.15) is 23.6 Å². The van der Waals surface area contributed by atoms with Crippen molar-refractivity contribution in [3.8, 4) is 11.1 Å². The summed E-state index contributed by atoms with van der Waals surface area (Å²) in [4.78, 5) is 11.7. The SMILES string of the molecule is Cc1ccc(-c2cccc(/C=C3\NC(C)OC3=O)c2)cc1C. The van der Waals surface area contributed by atoms with E-state index in [4.69, 9.17) is 4.74 Å². The molecule has 22 heavy (non-hydrogen) atoms. The molecule has 3 heteroatoms. The van der Waals surface area contributed by atoms with Crippen molar-refractivity contribution >= 4 is 12.0 Å². The fourth-order valence-corrected chi connectivity index (χ4v) is 2.53. The zero-order valence-corrected chi connectivity index (χ0v) is 13.0. The summed E-state index contributed by atoms with van der Waals surface area (Å²) in [6, 6.07) is 14.6. The normalized spacial score (nSPS) is 19.1. The van der Waals surface area contributed by atoms with Crippen LogP contribution in [0.25, 0.3) is 17.2 Å². The summed E-state index contributed by atoms with van der Waals surface area (Å²) < 4.78 is 5.07. The van der Waals surface area contributed by atoms with Gasteiger partial charge in [0.1, 0.15) is 5.70 Å². The summed E-state index contributed by atoms with van der Waals surface area (Å²) in [5.74, 6) is -0.302. The van der Waals surface area contributed by atoms with E-state index in [1.54, 1.807) is 0 Å². The third kappa shape index (κ3) is 2.89. The lowest BCUT2D eigenvalue weighted by molar-refractivity contribution is -0.138. The number of rotatable bonds is 2. The number of hydrogen-bond donors (Lipinski definition) is 1. The van der Waals surface area contributed by atoms with E-state index in [1.165, 1.54) is 16.7 Å². The summed E-state index contributed by atoms with van der Waals surface area (Å²) in [5.41, 5.74) is 6.36. The van der Waals surface area contributed by atoms with Crippen LogP contribution in [0.2, 0.25) is 0 Å². The van der Waals surface area contributed by atoms with Crippen molar-refractivity contribution in [1.82, 2.24) is 5.32 Å². The number of nitrogens with one attached hydrogen (secondary N) is 1. The van der Waals surface area contributed by atoms with E-state index in [0.717, 1.165) is 11.1 Å². The van der Waals surface area contributed by atoms with Gasteiger partial charge in [0.05, 0.1) is 0 Å². The number of esters is 1. The van der Waals surface area contributed by atoms with Crippen molar-refractivity contribution in [2.24, 2.45) is 0 Å². The van der Waals surface area contributed by atoms with E-state index >= 15 is 0 Å². The molecule has 1 fully saturated rings. The van der Waals surface area contributed by atoms with Crippen molar-refractivity contribution in [1.29, 1.82) is 0 Å². The van der Waals surface area contributed by atoms with Gasteiger partial charge in [0.25, 0.3) is 0 Å². The van der Waals surface area contributed by atoms with Crippen molar-refractivity contribution in [2.45, 2.75) is 27.0 Å². The number of carbonyl (C=O) groups is 1. The largest absolute Gasteiger partial charge is 0.437 e. The molecule has 3 nitrogen and oxygen atoms in total. The lowest BCUT2D eigenvalue weighted by Gasteiger charge is -2.07. The highest BCUT2D eigenvalue weighted by Gasteiger charge is 2.23. The molecule has 112 valence electrons. The summed E-state index contributed by atoms with van der Waals surface area (Å²) >= 11 is 0. The van der Waals surface area contributed by atoms with Gasteiger partial charge < -0.3 is 10.1 Å². The fraction of sp³-hybridized carbons (Fsp3) is 0.211. The quantitative estimate of drug-likeness (QED) is 0.676. The predicted molar refractivity (Wildman–Crippen MR) is 88.0 cm³/mol. The lowest BCUT2D eigenvalue weighted by atomic mass is 9.99. The van der Waals surface area contributed by atoms with Crippen molar-refractivity contribution in [2.75, 3.05) is 0 Å². The van der Waals surface area contributed by atoms with Crippen LogP contribution >= 0.6 is 0 Å². The second-order valence-electron chi connectivity index (χ2n) is 5.67. The van der Waals surface area contributed by atoms with Crippen LogP contribution in [-0.2, 0) is 9.53 Å². The topological polar surface area (TPSA) is 38.3 Å². The molecule has 1 atom stereocenters. The van der Waals surface area contributed by atoms with Gasteiger partial charge in [0, 0.05) is 0 Å². The van der Waals surface area contributed by atoms with Gasteiger partial charge in [-0.25, -0.2) is 4.79 Å². The summed E-state index contributed by atoms with van der Waals surface area (Å²) in [6.07, 6.45) is 1.57. The Morgan fingerprint density at radius 1 is 1.05 bits per heavy atom. The minimum Gasteiger partial charge on any atom is -0.437 e. The molecule has 2 aromatic carbocycles. The molecule has 3 rings (SSSR count). The second-order valence-corrected chi connectivity index (χ2v) is 5.67. The highest BCUT2D eigenvalue weighted by atomic mass is 16.6. The average molecular weight is 293 g/mol. The fourth-order valence-electron chi connectivity index (χ4n) is 2.53. The zero-order valence-electron chi connectivity index (χ0n) is 13.0. The van der Waals surface area contributed by atoms with E-state index in [1.807, 2.05) is 25.1 Å². The van der Waals surface area contributed by atoms with Crippen LogP contribution in [0, 0.1) is 13.8 Å². The van der Waals surface area contributed by atoms with Crippen LogP contribution in [0.4, 0.5) is 0 Å². The van der Waals surface area contributed by atoms with Crippen molar-refractivity contribution in [3.63, 3.8) is 0 Å². The molecule has 1 unspecified atom stereocenters. The first kappa shape index (κ1) is 14.4. The molecule has 2 aromatic rings. The van der Waals surface area contributed by atoms with Gasteiger partial charge in [-0.15, -0.1) is 0 Å². The molecule has 1 saturated heterocycles. The number of ether oxygens (including phenoxy) is 1. The first-order chi connectivity index (χ1) is 10.5. The van der Waals surface area contributed by atoms with E-state index < -0.39 is 0 Å². The minimum atomic E-state index is -0.302. The van der Waals surface area contributed by atoms with E-state index in [9.17, 15) is 4.79 Å². The van der Waals surface area contributed by atoms with E-state index in [2.05, 4.69) is 49.5 Å². The molecule has 0 saturated carbocycles. The maximum Gasteiger partial charge on any atom is 0.356 e. The first-order valence-electron chi connectivity index (χ1n) is 7.40. The van der Waals surface area contributed by atoms with Gasteiger partial charge in [0.15, 0.2) is 6.23 Å². The van der Waals surface area contributed by atoms with Crippen LogP contribution in [-0.4, -0.2) is 12.2 Å². The molecular weight excluding hydrogens is 274 g/mol. The third-order valence-corrected chi connectivity index (χ3v) is 3.90. The van der Waals surface area contributed by atoms with Crippen LogP contribution in [0.3, 0.4) is 0 Å². The third-order valence-electron chi connectivity index (χ3n) is 3.90. The van der Waals surface area contributed by atoms with Gasteiger partial charge in [-0.05, 0) is 60.7 Å². The maximum absolute atomic E-state index is 11.7. The Balaban J connectivity index is 1.94. The first-order valence-corrected chi connectivity index (χ1v) is 7.40. The number of carbonyl (C=O) groups excluding carboxylic acids is 1. The smallest absolute Gasteiger partial charge is 0.356 e. The molecule has 1 aliphatic rings. The molecular formula is C19H19NO2. The molecule has 0 spiro atoms. The lowest BCUT2D eigenvalue weighted by Crippen LogP contribution is -2.16. The Labute approximate surface area is 130 Å². The van der Waals surface area contributed by atoms with Crippen molar-refractivity contribution in [3.05, 3.63) is 64.9 Å². The molecule has 0 aromatic heterocycles. The Hall–Kier alpha value is -2.55. The van der Waals surface area contributed by atoms with Gasteiger partial charge in [-0.2, -0.15) is 0 Å². The second kappa shape index (κ2) is 5.68. The highest BCUT2D eigenvalue weighted by Crippen LogP contribution is 2.24. The van der Waals surface area contributed by atoms with Crippen LogP contribution < -0.4 is 5.32 Å². The van der Waals surface area contributed by atoms with E-state index in [-0.39, 0.29) is 12.2 Å². The van der Waals surface area contributed by atoms with Crippen LogP contribution in [0.5, 0.6) is 0 Å². The Kier molecular flexibility index (Phi) is 3.72. The summed E-state index contributed by atoms with van der Waals surface area (Å²) in [6.45, 7) is 6.03. The van der Waals surface area contributed by atoms with Gasteiger partial charge in [-0.3, -0.25) is 0 Å². The van der Waals surface area contributed by atoms with E-state index in [0.29, 0.717) is 5.70 Å². The predicted octanol–water partition coefficient (Wildman–Crippen LogP) is 3.80.